The molecule has 0 spiro atoms. The summed E-state index contributed by atoms with van der Waals surface area (Å²) in [6.45, 7) is 9.02. The lowest BCUT2D eigenvalue weighted by Gasteiger charge is -2.27. The molecule has 1 aliphatic heterocycles. The van der Waals surface area contributed by atoms with Crippen molar-refractivity contribution in [3.63, 3.8) is 0 Å². The summed E-state index contributed by atoms with van der Waals surface area (Å²) < 4.78 is 0. The smallest absolute Gasteiger partial charge is 0.311 e. The highest BCUT2D eigenvalue weighted by Crippen LogP contribution is 2.06. The normalized spacial score (nSPS) is 17.7. The van der Waals surface area contributed by atoms with E-state index in [1.807, 2.05) is 6.92 Å². The maximum absolute atomic E-state index is 11.9. The van der Waals surface area contributed by atoms with Crippen molar-refractivity contribution in [2.24, 2.45) is 5.92 Å². The summed E-state index contributed by atoms with van der Waals surface area (Å²) in [5.74, 6) is -0.241. The quantitative estimate of drug-likeness (QED) is 0.713. The predicted molar refractivity (Wildman–Crippen MR) is 71.1 cm³/mol. The average Bonchev–Trinajstić information content (AvgIpc) is 2.36. The monoisotopic (exact) mass is 255 g/mol. The van der Waals surface area contributed by atoms with Crippen molar-refractivity contribution in [3.05, 3.63) is 0 Å². The van der Waals surface area contributed by atoms with E-state index >= 15 is 0 Å². The Morgan fingerprint density at radius 3 is 2.33 bits per heavy atom. The Kier molecular flexibility index (Phi) is 6.12. The lowest BCUT2D eigenvalue weighted by atomic mass is 10.0. The molecule has 0 aliphatic carbocycles. The van der Waals surface area contributed by atoms with Gasteiger partial charge in [-0.15, -0.1) is 0 Å². The lowest BCUT2D eigenvalue weighted by molar-refractivity contribution is -0.146. The van der Waals surface area contributed by atoms with Crippen LogP contribution in [0.5, 0.6) is 0 Å². The summed E-state index contributed by atoms with van der Waals surface area (Å²) in [5.41, 5.74) is 0. The van der Waals surface area contributed by atoms with Crippen LogP contribution in [-0.2, 0) is 9.59 Å². The molecule has 0 saturated carbocycles. The molecule has 5 heteroatoms. The second-order valence-electron chi connectivity index (χ2n) is 5.39. The van der Waals surface area contributed by atoms with Gasteiger partial charge in [-0.2, -0.15) is 0 Å². The fraction of sp³-hybridized carbons (Fsp3) is 0.846. The summed E-state index contributed by atoms with van der Waals surface area (Å²) in [5, 5.41) is 5.94. The molecule has 0 aromatic heterocycles. The summed E-state index contributed by atoms with van der Waals surface area (Å²) in [4.78, 5) is 25.2. The van der Waals surface area contributed by atoms with Gasteiger partial charge in [0, 0.05) is 32.2 Å². The minimum absolute atomic E-state index is 0.0618. The standard InChI is InChI=1S/C13H25N3O2/c1-10(2)4-5-11(3)15-12(17)13(18)16-8-6-14-7-9-16/h10-11,14H,4-9H2,1-3H3,(H,15,17). The highest BCUT2D eigenvalue weighted by molar-refractivity contribution is 6.35. The van der Waals surface area contributed by atoms with E-state index in [1.165, 1.54) is 0 Å². The second-order valence-corrected chi connectivity index (χ2v) is 5.39. The molecule has 1 heterocycles. The van der Waals surface area contributed by atoms with E-state index in [-0.39, 0.29) is 6.04 Å². The Hall–Kier alpha value is -1.10. The van der Waals surface area contributed by atoms with E-state index in [4.69, 9.17) is 0 Å². The van der Waals surface area contributed by atoms with Crippen LogP contribution in [0.4, 0.5) is 0 Å². The van der Waals surface area contributed by atoms with E-state index in [1.54, 1.807) is 4.90 Å². The van der Waals surface area contributed by atoms with Crippen molar-refractivity contribution in [1.82, 2.24) is 15.5 Å². The van der Waals surface area contributed by atoms with Crippen LogP contribution in [0.1, 0.15) is 33.6 Å². The Bertz CT molecular complexity index is 286. The predicted octanol–water partition coefficient (Wildman–Crippen LogP) is 0.359. The first kappa shape index (κ1) is 15.0. The zero-order chi connectivity index (χ0) is 13.5. The molecule has 5 nitrogen and oxygen atoms in total. The third-order valence-electron chi connectivity index (χ3n) is 3.15. The number of amides is 2. The summed E-state index contributed by atoms with van der Waals surface area (Å²) in [6.07, 6.45) is 1.97. The first-order chi connectivity index (χ1) is 8.50. The average molecular weight is 255 g/mol. The summed E-state index contributed by atoms with van der Waals surface area (Å²) >= 11 is 0. The fourth-order valence-electron chi connectivity index (χ4n) is 1.95. The van der Waals surface area contributed by atoms with Crippen molar-refractivity contribution >= 4 is 11.8 Å². The fourth-order valence-corrected chi connectivity index (χ4v) is 1.95. The molecule has 2 N–H and O–H groups in total. The molecule has 0 aromatic rings. The molecule has 18 heavy (non-hydrogen) atoms. The van der Waals surface area contributed by atoms with Crippen molar-refractivity contribution < 1.29 is 9.59 Å². The van der Waals surface area contributed by atoms with Gasteiger partial charge in [0.15, 0.2) is 0 Å². The van der Waals surface area contributed by atoms with Crippen LogP contribution in [0.2, 0.25) is 0 Å². The largest absolute Gasteiger partial charge is 0.345 e. The molecule has 104 valence electrons. The van der Waals surface area contributed by atoms with Gasteiger partial charge in [0.1, 0.15) is 0 Å². The van der Waals surface area contributed by atoms with Crippen molar-refractivity contribution in [1.29, 1.82) is 0 Å². The molecular formula is C13H25N3O2. The Labute approximate surface area is 109 Å². The van der Waals surface area contributed by atoms with Gasteiger partial charge in [-0.25, -0.2) is 0 Å². The van der Waals surface area contributed by atoms with Crippen LogP contribution in [0.25, 0.3) is 0 Å². The maximum atomic E-state index is 11.9. The molecule has 1 rings (SSSR count). The van der Waals surface area contributed by atoms with Gasteiger partial charge in [0.25, 0.3) is 0 Å². The van der Waals surface area contributed by atoms with Gasteiger partial charge in [-0.1, -0.05) is 13.8 Å². The summed E-state index contributed by atoms with van der Waals surface area (Å²) in [6, 6.07) is 0.0618. The molecule has 1 atom stereocenters. The Morgan fingerprint density at radius 2 is 1.78 bits per heavy atom. The third-order valence-corrected chi connectivity index (χ3v) is 3.15. The van der Waals surface area contributed by atoms with Gasteiger partial charge in [0.05, 0.1) is 0 Å². The van der Waals surface area contributed by atoms with Crippen LogP contribution >= 0.6 is 0 Å². The van der Waals surface area contributed by atoms with Gasteiger partial charge in [-0.3, -0.25) is 9.59 Å². The topological polar surface area (TPSA) is 61.4 Å². The zero-order valence-electron chi connectivity index (χ0n) is 11.7. The van der Waals surface area contributed by atoms with E-state index in [0.29, 0.717) is 19.0 Å². The Morgan fingerprint density at radius 1 is 1.17 bits per heavy atom. The van der Waals surface area contributed by atoms with E-state index < -0.39 is 11.8 Å². The van der Waals surface area contributed by atoms with Crippen molar-refractivity contribution in [2.45, 2.75) is 39.7 Å². The second kappa shape index (κ2) is 7.36. The number of rotatable bonds is 4. The van der Waals surface area contributed by atoms with Gasteiger partial charge >= 0.3 is 11.8 Å². The molecule has 0 bridgehead atoms. The molecule has 2 amide bonds. The van der Waals surface area contributed by atoms with Crippen LogP contribution in [0.15, 0.2) is 0 Å². The van der Waals surface area contributed by atoms with Gasteiger partial charge in [0.2, 0.25) is 0 Å². The first-order valence-corrected chi connectivity index (χ1v) is 6.81. The highest BCUT2D eigenvalue weighted by Gasteiger charge is 2.23. The van der Waals surface area contributed by atoms with Crippen LogP contribution in [-0.4, -0.2) is 48.9 Å². The van der Waals surface area contributed by atoms with Gasteiger partial charge < -0.3 is 15.5 Å². The number of piperazine rings is 1. The lowest BCUT2D eigenvalue weighted by Crippen LogP contribution is -2.52. The Balaban J connectivity index is 2.32. The van der Waals surface area contributed by atoms with E-state index in [9.17, 15) is 9.59 Å². The molecule has 0 aromatic carbocycles. The molecule has 0 radical (unpaired) electrons. The summed E-state index contributed by atoms with van der Waals surface area (Å²) in [7, 11) is 0. The van der Waals surface area contributed by atoms with Crippen LogP contribution < -0.4 is 10.6 Å². The minimum atomic E-state index is -0.465. The van der Waals surface area contributed by atoms with Gasteiger partial charge in [-0.05, 0) is 25.7 Å². The van der Waals surface area contributed by atoms with E-state index in [0.717, 1.165) is 25.9 Å². The number of hydrogen-bond acceptors (Lipinski definition) is 3. The number of carbonyl (C=O) groups is 2. The van der Waals surface area contributed by atoms with Crippen LogP contribution in [0.3, 0.4) is 0 Å². The van der Waals surface area contributed by atoms with Crippen molar-refractivity contribution in [2.75, 3.05) is 26.2 Å². The molecule has 1 unspecified atom stereocenters. The number of hydrogen-bond donors (Lipinski definition) is 2. The molecule has 1 fully saturated rings. The third kappa shape index (κ3) is 5.04. The molecular weight excluding hydrogens is 230 g/mol. The van der Waals surface area contributed by atoms with E-state index in [2.05, 4.69) is 24.5 Å². The van der Waals surface area contributed by atoms with Crippen LogP contribution in [0, 0.1) is 5.92 Å². The first-order valence-electron chi connectivity index (χ1n) is 6.81. The maximum Gasteiger partial charge on any atom is 0.311 e. The SMILES string of the molecule is CC(C)CCC(C)NC(=O)C(=O)N1CCNCC1. The number of nitrogens with one attached hydrogen (secondary N) is 2. The minimum Gasteiger partial charge on any atom is -0.345 e. The zero-order valence-corrected chi connectivity index (χ0v) is 11.7. The molecule has 1 aliphatic rings. The number of nitrogens with zero attached hydrogens (tertiary/aromatic N) is 1. The highest BCUT2D eigenvalue weighted by atomic mass is 16.2. The molecule has 1 saturated heterocycles. The number of carbonyl (C=O) groups excluding carboxylic acids is 2. The van der Waals surface area contributed by atoms with Crippen molar-refractivity contribution in [3.8, 4) is 0 Å².